The van der Waals surface area contributed by atoms with Gasteiger partial charge in [-0.15, -0.1) is 23.5 Å². The molecule has 1 saturated heterocycles. The van der Waals surface area contributed by atoms with Crippen molar-refractivity contribution < 1.29 is 23.7 Å². The number of rotatable bonds is 6. The minimum atomic E-state index is -0.450. The minimum absolute atomic E-state index is 0.361. The molecule has 2 aromatic carbocycles. The fourth-order valence-electron chi connectivity index (χ4n) is 2.71. The molecule has 1 aliphatic heterocycles. The lowest BCUT2D eigenvalue weighted by Gasteiger charge is -2.22. The molecule has 0 amide bonds. The van der Waals surface area contributed by atoms with E-state index in [9.17, 15) is 4.79 Å². The lowest BCUT2D eigenvalue weighted by atomic mass is 10.2. The Bertz CT molecular complexity index is 803. The van der Waals surface area contributed by atoms with Crippen molar-refractivity contribution in [1.82, 2.24) is 0 Å². The third-order valence-corrected chi connectivity index (χ3v) is 7.07. The van der Waals surface area contributed by atoms with Crippen LogP contribution in [-0.4, -0.2) is 38.8 Å². The van der Waals surface area contributed by atoms with Crippen LogP contribution in [-0.2, 0) is 4.74 Å². The second-order valence-corrected chi connectivity index (χ2v) is 8.55. The molecule has 2 aromatic rings. The fraction of sp³-hybridized carbons (Fsp3) is 0.350. The summed E-state index contributed by atoms with van der Waals surface area (Å²) >= 11 is 3.89. The van der Waals surface area contributed by atoms with E-state index in [0.717, 1.165) is 11.5 Å². The number of thioether (sulfide) groups is 2. The SMILES string of the molecule is COC(=O)c1cc(OC)cc(Oc2cc(C3SCCCS3)ccc2OC)c1. The molecule has 1 aliphatic rings. The van der Waals surface area contributed by atoms with Gasteiger partial charge in [-0.25, -0.2) is 4.79 Å². The highest BCUT2D eigenvalue weighted by atomic mass is 32.2. The molecular formula is C20H22O5S2. The highest BCUT2D eigenvalue weighted by molar-refractivity contribution is 8.16. The number of hydrogen-bond donors (Lipinski definition) is 0. The predicted octanol–water partition coefficient (Wildman–Crippen LogP) is 5.15. The van der Waals surface area contributed by atoms with Crippen molar-refractivity contribution in [3.8, 4) is 23.0 Å². The Kier molecular flexibility index (Phi) is 6.79. The molecule has 5 nitrogen and oxygen atoms in total. The van der Waals surface area contributed by atoms with Gasteiger partial charge in [0.2, 0.25) is 0 Å². The molecule has 3 rings (SSSR count). The van der Waals surface area contributed by atoms with Gasteiger partial charge in [0.25, 0.3) is 0 Å². The summed E-state index contributed by atoms with van der Waals surface area (Å²) in [5.74, 6) is 4.11. The van der Waals surface area contributed by atoms with Gasteiger partial charge in [0.15, 0.2) is 11.5 Å². The summed E-state index contributed by atoms with van der Waals surface area (Å²) in [6.45, 7) is 0. The van der Waals surface area contributed by atoms with Gasteiger partial charge in [0.1, 0.15) is 11.5 Å². The smallest absolute Gasteiger partial charge is 0.338 e. The first kappa shape index (κ1) is 19.8. The Hall–Kier alpha value is -1.99. The van der Waals surface area contributed by atoms with E-state index in [1.807, 2.05) is 35.7 Å². The molecule has 0 bridgehead atoms. The van der Waals surface area contributed by atoms with E-state index in [2.05, 4.69) is 6.07 Å². The summed E-state index contributed by atoms with van der Waals surface area (Å²) in [6.07, 6.45) is 1.24. The number of hydrogen-bond acceptors (Lipinski definition) is 7. The van der Waals surface area contributed by atoms with E-state index in [0.29, 0.717) is 33.1 Å². The van der Waals surface area contributed by atoms with Crippen LogP contribution in [0.15, 0.2) is 36.4 Å². The normalized spacial score (nSPS) is 14.5. The Balaban J connectivity index is 1.92. The molecule has 0 atom stereocenters. The lowest BCUT2D eigenvalue weighted by molar-refractivity contribution is 0.0600. The van der Waals surface area contributed by atoms with E-state index in [1.165, 1.54) is 19.1 Å². The zero-order valence-electron chi connectivity index (χ0n) is 15.5. The van der Waals surface area contributed by atoms with E-state index in [4.69, 9.17) is 18.9 Å². The number of ether oxygens (including phenoxy) is 4. The van der Waals surface area contributed by atoms with E-state index < -0.39 is 5.97 Å². The van der Waals surface area contributed by atoms with Crippen LogP contribution in [0.3, 0.4) is 0 Å². The summed E-state index contributed by atoms with van der Waals surface area (Å²) in [6, 6.07) is 11.0. The molecule has 144 valence electrons. The van der Waals surface area contributed by atoms with Crippen LogP contribution in [0.2, 0.25) is 0 Å². The van der Waals surface area contributed by atoms with Crippen LogP contribution in [0.1, 0.15) is 26.9 Å². The molecule has 1 heterocycles. The molecule has 0 spiro atoms. The maximum Gasteiger partial charge on any atom is 0.338 e. The Morgan fingerprint density at radius 2 is 1.67 bits per heavy atom. The highest BCUT2D eigenvalue weighted by Gasteiger charge is 2.19. The average molecular weight is 407 g/mol. The number of carbonyl (C=O) groups is 1. The average Bonchev–Trinajstić information content (AvgIpc) is 2.73. The second-order valence-electron chi connectivity index (χ2n) is 5.83. The zero-order chi connectivity index (χ0) is 19.2. The lowest BCUT2D eigenvalue weighted by Crippen LogP contribution is -2.03. The minimum Gasteiger partial charge on any atom is -0.497 e. The summed E-state index contributed by atoms with van der Waals surface area (Å²) in [5.41, 5.74) is 1.55. The first-order chi connectivity index (χ1) is 13.1. The summed E-state index contributed by atoms with van der Waals surface area (Å²) < 4.78 is 22.0. The number of benzene rings is 2. The van der Waals surface area contributed by atoms with E-state index >= 15 is 0 Å². The molecule has 7 heteroatoms. The van der Waals surface area contributed by atoms with E-state index in [1.54, 1.807) is 32.4 Å². The third-order valence-electron chi connectivity index (χ3n) is 4.05. The standard InChI is InChI=1S/C20H22O5S2/c1-22-15-9-14(19(21)24-3)10-16(12-15)25-18-11-13(5-6-17(18)23-2)20-26-7-4-8-27-20/h5-6,9-12,20H,4,7-8H2,1-3H3. The van der Waals surface area contributed by atoms with Gasteiger partial charge >= 0.3 is 5.97 Å². The monoisotopic (exact) mass is 406 g/mol. The first-order valence-corrected chi connectivity index (χ1v) is 10.6. The number of carbonyl (C=O) groups excluding carboxylic acids is 1. The maximum atomic E-state index is 11.9. The summed E-state index contributed by atoms with van der Waals surface area (Å²) in [7, 11) is 4.49. The third kappa shape index (κ3) is 4.84. The van der Waals surface area contributed by atoms with Gasteiger partial charge in [0.05, 0.1) is 31.5 Å². The van der Waals surface area contributed by atoms with Gasteiger partial charge < -0.3 is 18.9 Å². The van der Waals surface area contributed by atoms with Crippen molar-refractivity contribution in [1.29, 1.82) is 0 Å². The first-order valence-electron chi connectivity index (χ1n) is 8.51. The Labute approximate surface area is 167 Å². The van der Waals surface area contributed by atoms with Gasteiger partial charge in [-0.05, 0) is 47.8 Å². The highest BCUT2D eigenvalue weighted by Crippen LogP contribution is 2.46. The largest absolute Gasteiger partial charge is 0.497 e. The fourth-order valence-corrected chi connectivity index (χ4v) is 5.58. The Morgan fingerprint density at radius 3 is 2.33 bits per heavy atom. The number of esters is 1. The van der Waals surface area contributed by atoms with Crippen molar-refractivity contribution in [2.24, 2.45) is 0 Å². The molecule has 0 unspecified atom stereocenters. The van der Waals surface area contributed by atoms with Crippen molar-refractivity contribution >= 4 is 29.5 Å². The van der Waals surface area contributed by atoms with Crippen molar-refractivity contribution in [3.05, 3.63) is 47.5 Å². The molecule has 0 aromatic heterocycles. The van der Waals surface area contributed by atoms with Gasteiger partial charge in [-0.1, -0.05) is 6.07 Å². The van der Waals surface area contributed by atoms with Crippen LogP contribution in [0.5, 0.6) is 23.0 Å². The van der Waals surface area contributed by atoms with Crippen LogP contribution >= 0.6 is 23.5 Å². The van der Waals surface area contributed by atoms with Crippen LogP contribution in [0.4, 0.5) is 0 Å². The molecule has 0 N–H and O–H groups in total. The Morgan fingerprint density at radius 1 is 0.926 bits per heavy atom. The molecule has 1 fully saturated rings. The van der Waals surface area contributed by atoms with Crippen LogP contribution in [0.25, 0.3) is 0 Å². The van der Waals surface area contributed by atoms with Crippen molar-refractivity contribution in [3.63, 3.8) is 0 Å². The quantitative estimate of drug-likeness (QED) is 0.615. The second kappa shape index (κ2) is 9.28. The van der Waals surface area contributed by atoms with E-state index in [-0.39, 0.29) is 0 Å². The molecule has 0 saturated carbocycles. The molecule has 27 heavy (non-hydrogen) atoms. The van der Waals surface area contributed by atoms with Crippen LogP contribution in [0, 0.1) is 0 Å². The zero-order valence-corrected chi connectivity index (χ0v) is 17.2. The summed E-state index contributed by atoms with van der Waals surface area (Å²) in [4.78, 5) is 11.9. The molecule has 0 aliphatic carbocycles. The van der Waals surface area contributed by atoms with Gasteiger partial charge in [0, 0.05) is 6.07 Å². The predicted molar refractivity (Wildman–Crippen MR) is 110 cm³/mol. The molecule has 0 radical (unpaired) electrons. The van der Waals surface area contributed by atoms with Crippen LogP contribution < -0.4 is 14.2 Å². The van der Waals surface area contributed by atoms with Crippen molar-refractivity contribution in [2.75, 3.05) is 32.8 Å². The van der Waals surface area contributed by atoms with Crippen molar-refractivity contribution in [2.45, 2.75) is 11.0 Å². The molecular weight excluding hydrogens is 384 g/mol. The van der Waals surface area contributed by atoms with Gasteiger partial charge in [-0.3, -0.25) is 0 Å². The summed E-state index contributed by atoms with van der Waals surface area (Å²) in [5, 5.41) is 0. The topological polar surface area (TPSA) is 54.0 Å². The maximum absolute atomic E-state index is 11.9. The number of methoxy groups -OCH3 is 3. The van der Waals surface area contributed by atoms with Gasteiger partial charge in [-0.2, -0.15) is 0 Å².